The van der Waals surface area contributed by atoms with Crippen molar-refractivity contribution < 1.29 is 22.8 Å². The van der Waals surface area contributed by atoms with Crippen molar-refractivity contribution in [2.45, 2.75) is 61.4 Å². The zero-order valence-corrected chi connectivity index (χ0v) is 23.4. The fourth-order valence-electron chi connectivity index (χ4n) is 5.14. The number of amides is 2. The predicted molar refractivity (Wildman–Crippen MR) is 154 cm³/mol. The van der Waals surface area contributed by atoms with Gasteiger partial charge in [0.1, 0.15) is 0 Å². The Bertz CT molecular complexity index is 1490. The van der Waals surface area contributed by atoms with E-state index in [-0.39, 0.29) is 41.5 Å². The van der Waals surface area contributed by atoms with Crippen LogP contribution in [0.4, 0.5) is 24.8 Å². The lowest BCUT2D eigenvalue weighted by Crippen LogP contribution is -2.31. The second-order valence-corrected chi connectivity index (χ2v) is 11.3. The van der Waals surface area contributed by atoms with E-state index in [1.165, 1.54) is 43.0 Å². The molecular formula is C30H29F3N6O2S. The number of rotatable bonds is 9. The van der Waals surface area contributed by atoms with Gasteiger partial charge < -0.3 is 4.90 Å². The van der Waals surface area contributed by atoms with Crippen molar-refractivity contribution >= 4 is 35.2 Å². The van der Waals surface area contributed by atoms with E-state index in [2.05, 4.69) is 38.1 Å². The number of halogens is 3. The summed E-state index contributed by atoms with van der Waals surface area (Å²) in [5.41, 5.74) is -0.830. The number of thioether (sulfide) groups is 1. The van der Waals surface area contributed by atoms with E-state index in [0.717, 1.165) is 18.4 Å². The van der Waals surface area contributed by atoms with Crippen molar-refractivity contribution in [2.24, 2.45) is 0 Å². The van der Waals surface area contributed by atoms with Crippen LogP contribution in [0.1, 0.15) is 65.1 Å². The highest BCUT2D eigenvalue weighted by Crippen LogP contribution is 2.37. The van der Waals surface area contributed by atoms with Crippen LogP contribution in [-0.2, 0) is 17.8 Å². The number of hydrogen-bond donors (Lipinski definition) is 2. The number of aromatic amines is 1. The Morgan fingerprint density at radius 1 is 0.952 bits per heavy atom. The van der Waals surface area contributed by atoms with Gasteiger partial charge in [0.25, 0.3) is 11.9 Å². The lowest BCUT2D eigenvalue weighted by atomic mass is 9.84. The summed E-state index contributed by atoms with van der Waals surface area (Å²) < 4.78 is 38.8. The summed E-state index contributed by atoms with van der Waals surface area (Å²) in [5.74, 6) is -0.105. The van der Waals surface area contributed by atoms with Crippen molar-refractivity contribution in [1.29, 1.82) is 0 Å². The first kappa shape index (κ1) is 29.3. The number of hydrogen-bond acceptors (Lipinski definition) is 6. The molecule has 0 spiro atoms. The highest BCUT2D eigenvalue weighted by molar-refractivity contribution is 8.00. The van der Waals surface area contributed by atoms with Gasteiger partial charge in [-0.3, -0.25) is 14.9 Å². The molecule has 42 heavy (non-hydrogen) atoms. The van der Waals surface area contributed by atoms with E-state index in [4.69, 9.17) is 0 Å². The smallest absolute Gasteiger partial charge is 0.308 e. The molecule has 1 aliphatic carbocycles. The minimum atomic E-state index is -4.41. The number of carbonyl (C=O) groups is 2. The van der Waals surface area contributed by atoms with Gasteiger partial charge in [0.2, 0.25) is 5.91 Å². The molecule has 4 aromatic rings. The number of H-pyrrole nitrogens is 1. The molecule has 0 atom stereocenters. The number of nitrogens with one attached hydrogen (secondary N) is 2. The van der Waals surface area contributed by atoms with Crippen LogP contribution in [0, 0.1) is 0 Å². The zero-order valence-electron chi connectivity index (χ0n) is 22.6. The van der Waals surface area contributed by atoms with Crippen LogP contribution in [-0.4, -0.2) is 37.9 Å². The molecule has 5 rings (SSSR count). The standard InChI is InChI=1S/C30H29F3N6O2S/c31-30(32,33)42-26-8-4-5-21(17-26)18-27(40)39(25-15-13-23(14-16-25)22-6-2-1-3-7-22)19-20-9-11-24(12-10-20)28(41)34-29-35-37-38-36-29/h4-5,8-17,22H,1-3,6-7,18-19H2,(H2,34,35,36,37,38,41). The molecule has 0 unspecified atom stereocenters. The lowest BCUT2D eigenvalue weighted by molar-refractivity contribution is -0.118. The van der Waals surface area contributed by atoms with Crippen LogP contribution in [0.2, 0.25) is 0 Å². The number of nitrogens with zero attached hydrogens (tertiary/aromatic N) is 4. The average molecular weight is 595 g/mol. The monoisotopic (exact) mass is 594 g/mol. The Labute approximate surface area is 245 Å². The normalized spacial score (nSPS) is 14.0. The number of benzene rings is 3. The van der Waals surface area contributed by atoms with Crippen LogP contribution in [0.25, 0.3) is 0 Å². The van der Waals surface area contributed by atoms with Crippen molar-refractivity contribution in [3.8, 4) is 0 Å². The van der Waals surface area contributed by atoms with E-state index in [9.17, 15) is 22.8 Å². The maximum atomic E-state index is 13.7. The first-order valence-corrected chi connectivity index (χ1v) is 14.4. The van der Waals surface area contributed by atoms with Gasteiger partial charge in [0, 0.05) is 16.1 Å². The third-order valence-corrected chi connectivity index (χ3v) is 7.92. The molecule has 1 fully saturated rings. The Hall–Kier alpha value is -4.19. The van der Waals surface area contributed by atoms with E-state index in [1.807, 2.05) is 12.1 Å². The zero-order chi connectivity index (χ0) is 29.5. The molecule has 218 valence electrons. The molecule has 1 saturated carbocycles. The molecule has 1 aromatic heterocycles. The second kappa shape index (κ2) is 13.2. The van der Waals surface area contributed by atoms with Gasteiger partial charge >= 0.3 is 5.51 Å². The summed E-state index contributed by atoms with van der Waals surface area (Å²) in [4.78, 5) is 27.8. The van der Waals surface area contributed by atoms with E-state index in [1.54, 1.807) is 35.2 Å². The molecule has 0 bridgehead atoms. The number of anilines is 2. The third-order valence-electron chi connectivity index (χ3n) is 7.20. The maximum absolute atomic E-state index is 13.7. The van der Waals surface area contributed by atoms with Gasteiger partial charge in [-0.2, -0.15) is 18.4 Å². The molecule has 1 aliphatic rings. The van der Waals surface area contributed by atoms with Gasteiger partial charge in [-0.25, -0.2) is 0 Å². The SMILES string of the molecule is O=C(Nc1nn[nH]n1)c1ccc(CN(C(=O)Cc2cccc(SC(F)(F)F)c2)c2ccc(C3CCCCC3)cc2)cc1. The van der Waals surface area contributed by atoms with Gasteiger partial charge in [0.05, 0.1) is 13.0 Å². The number of carbonyl (C=O) groups excluding carboxylic acids is 2. The molecule has 0 radical (unpaired) electrons. The molecule has 0 aliphatic heterocycles. The van der Waals surface area contributed by atoms with Crippen LogP contribution >= 0.6 is 11.8 Å². The highest BCUT2D eigenvalue weighted by atomic mass is 32.2. The maximum Gasteiger partial charge on any atom is 0.446 e. The molecule has 12 heteroatoms. The number of aromatic nitrogens is 4. The second-order valence-electron chi connectivity index (χ2n) is 10.2. The van der Waals surface area contributed by atoms with Crippen LogP contribution in [0.3, 0.4) is 0 Å². The van der Waals surface area contributed by atoms with Crippen molar-refractivity contribution in [3.05, 3.63) is 95.1 Å². The van der Waals surface area contributed by atoms with Crippen LogP contribution < -0.4 is 10.2 Å². The first-order chi connectivity index (χ1) is 20.2. The first-order valence-electron chi connectivity index (χ1n) is 13.6. The fourth-order valence-corrected chi connectivity index (χ4v) is 5.77. The lowest BCUT2D eigenvalue weighted by Gasteiger charge is -2.26. The average Bonchev–Trinajstić information content (AvgIpc) is 3.49. The van der Waals surface area contributed by atoms with E-state index >= 15 is 0 Å². The van der Waals surface area contributed by atoms with Crippen LogP contribution in [0.15, 0.2) is 77.7 Å². The quantitative estimate of drug-likeness (QED) is 0.205. The van der Waals surface area contributed by atoms with E-state index < -0.39 is 11.4 Å². The van der Waals surface area contributed by atoms with Gasteiger partial charge in [0.15, 0.2) is 0 Å². The molecule has 1 heterocycles. The van der Waals surface area contributed by atoms with Crippen molar-refractivity contribution in [1.82, 2.24) is 20.6 Å². The fraction of sp³-hybridized carbons (Fsp3) is 0.300. The molecule has 8 nitrogen and oxygen atoms in total. The summed E-state index contributed by atoms with van der Waals surface area (Å²) in [6.07, 6.45) is 5.93. The van der Waals surface area contributed by atoms with E-state index in [0.29, 0.717) is 22.7 Å². The highest BCUT2D eigenvalue weighted by Gasteiger charge is 2.29. The Morgan fingerprint density at radius 2 is 1.69 bits per heavy atom. The Kier molecular flexibility index (Phi) is 9.21. The van der Waals surface area contributed by atoms with Gasteiger partial charge in [-0.1, -0.05) is 60.8 Å². The molecule has 3 aromatic carbocycles. The van der Waals surface area contributed by atoms with Crippen molar-refractivity contribution in [3.63, 3.8) is 0 Å². The summed E-state index contributed by atoms with van der Waals surface area (Å²) in [6, 6.07) is 20.7. The molecular weight excluding hydrogens is 565 g/mol. The minimum Gasteiger partial charge on any atom is -0.308 e. The number of alkyl halides is 3. The largest absolute Gasteiger partial charge is 0.446 e. The minimum absolute atomic E-state index is 0.0332. The number of tetrazole rings is 1. The Balaban J connectivity index is 1.35. The van der Waals surface area contributed by atoms with Gasteiger partial charge in [-0.05, 0) is 88.8 Å². The summed E-state index contributed by atoms with van der Waals surface area (Å²) >= 11 is -0.202. The summed E-state index contributed by atoms with van der Waals surface area (Å²) in [7, 11) is 0. The molecule has 2 amide bonds. The summed E-state index contributed by atoms with van der Waals surface area (Å²) in [6.45, 7) is 0.214. The topological polar surface area (TPSA) is 104 Å². The van der Waals surface area contributed by atoms with Crippen molar-refractivity contribution in [2.75, 3.05) is 10.2 Å². The van der Waals surface area contributed by atoms with Gasteiger partial charge in [-0.15, -0.1) is 5.10 Å². The summed E-state index contributed by atoms with van der Waals surface area (Å²) in [5, 5.41) is 15.6. The molecule has 0 saturated heterocycles. The van der Waals surface area contributed by atoms with Crippen LogP contribution in [0.5, 0.6) is 0 Å². The third kappa shape index (κ3) is 7.96. The molecule has 2 N–H and O–H groups in total. The Morgan fingerprint density at radius 3 is 2.36 bits per heavy atom. The predicted octanol–water partition coefficient (Wildman–Crippen LogP) is 6.89.